The van der Waals surface area contributed by atoms with Gasteiger partial charge in [-0.25, -0.2) is 0 Å². The minimum Gasteiger partial charge on any atom is -0.343 e. The number of carbonyl (C=O) groups is 2. The summed E-state index contributed by atoms with van der Waals surface area (Å²) in [7, 11) is 0. The average Bonchev–Trinajstić information content (AvgIpc) is 3.23. The first-order valence-corrected chi connectivity index (χ1v) is 8.53. The van der Waals surface area contributed by atoms with Crippen molar-refractivity contribution in [3.63, 3.8) is 0 Å². The van der Waals surface area contributed by atoms with Crippen molar-refractivity contribution in [2.75, 3.05) is 0 Å². The smallest absolute Gasteiger partial charge is 0.152 e. The second-order valence-corrected chi connectivity index (χ2v) is 6.22. The molecule has 0 saturated carbocycles. The van der Waals surface area contributed by atoms with Crippen molar-refractivity contribution in [2.24, 2.45) is 0 Å². The van der Waals surface area contributed by atoms with E-state index in [0.29, 0.717) is 24.2 Å². The predicted molar refractivity (Wildman–Crippen MR) is 104 cm³/mol. The van der Waals surface area contributed by atoms with E-state index in [1.54, 1.807) is 0 Å². The van der Waals surface area contributed by atoms with Crippen LogP contribution >= 0.6 is 0 Å². The molecule has 0 atom stereocenters. The van der Waals surface area contributed by atoms with Gasteiger partial charge in [0.15, 0.2) is 12.6 Å². The molecule has 4 nitrogen and oxygen atoms in total. The second-order valence-electron chi connectivity index (χ2n) is 6.22. The summed E-state index contributed by atoms with van der Waals surface area (Å²) in [6.45, 7) is 1.38. The lowest BCUT2D eigenvalue weighted by atomic mass is 10.2. The summed E-state index contributed by atoms with van der Waals surface area (Å²) in [5.41, 5.74) is 3.52. The standard InChI is InChI=1S/C22H18N2O2/c25-15-17-13-23(21-9-3-1-7-19(17)21)11-5-6-12-24-14-18(16-26)20-8-2-4-10-22(20)24/h1-10,13-16H,11-12H2/b6-5+. The van der Waals surface area contributed by atoms with E-state index in [9.17, 15) is 9.59 Å². The summed E-state index contributed by atoms with van der Waals surface area (Å²) < 4.78 is 4.14. The lowest BCUT2D eigenvalue weighted by molar-refractivity contribution is 0.111. The van der Waals surface area contributed by atoms with Crippen molar-refractivity contribution in [3.05, 3.63) is 84.2 Å². The fraction of sp³-hybridized carbons (Fsp3) is 0.0909. The second kappa shape index (κ2) is 6.84. The first kappa shape index (κ1) is 16.1. The summed E-state index contributed by atoms with van der Waals surface area (Å²) in [5.74, 6) is 0. The summed E-state index contributed by atoms with van der Waals surface area (Å²) in [5, 5.41) is 1.95. The number of rotatable bonds is 6. The van der Waals surface area contributed by atoms with Gasteiger partial charge in [-0.3, -0.25) is 9.59 Å². The van der Waals surface area contributed by atoms with Gasteiger partial charge in [0.1, 0.15) is 0 Å². The van der Waals surface area contributed by atoms with Crippen LogP contribution in [0.25, 0.3) is 21.8 Å². The molecule has 0 N–H and O–H groups in total. The molecule has 2 aromatic heterocycles. The number of para-hydroxylation sites is 2. The molecule has 0 aliphatic heterocycles. The van der Waals surface area contributed by atoms with Crippen molar-refractivity contribution < 1.29 is 9.59 Å². The highest BCUT2D eigenvalue weighted by Gasteiger charge is 2.07. The normalized spacial score (nSPS) is 11.5. The van der Waals surface area contributed by atoms with Crippen molar-refractivity contribution in [2.45, 2.75) is 13.1 Å². The molecule has 0 fully saturated rings. The zero-order valence-electron chi connectivity index (χ0n) is 14.2. The van der Waals surface area contributed by atoms with Gasteiger partial charge in [0.2, 0.25) is 0 Å². The van der Waals surface area contributed by atoms with Gasteiger partial charge in [-0.05, 0) is 12.1 Å². The number of allylic oxidation sites excluding steroid dienone is 2. The van der Waals surface area contributed by atoms with E-state index >= 15 is 0 Å². The lowest BCUT2D eigenvalue weighted by Crippen LogP contribution is -1.95. The van der Waals surface area contributed by atoms with Gasteiger partial charge in [0.25, 0.3) is 0 Å². The van der Waals surface area contributed by atoms with E-state index in [1.165, 1.54) is 0 Å². The van der Waals surface area contributed by atoms with Gasteiger partial charge in [0.05, 0.1) is 0 Å². The van der Waals surface area contributed by atoms with Crippen LogP contribution in [-0.2, 0) is 13.1 Å². The maximum atomic E-state index is 11.2. The van der Waals surface area contributed by atoms with Crippen LogP contribution in [0, 0.1) is 0 Å². The number of benzene rings is 2. The van der Waals surface area contributed by atoms with Crippen LogP contribution in [0.2, 0.25) is 0 Å². The van der Waals surface area contributed by atoms with Crippen LogP contribution in [0.5, 0.6) is 0 Å². The summed E-state index contributed by atoms with van der Waals surface area (Å²) in [6.07, 6.45) is 9.73. The highest BCUT2D eigenvalue weighted by atomic mass is 16.1. The molecular weight excluding hydrogens is 324 g/mol. The van der Waals surface area contributed by atoms with Crippen LogP contribution in [0.3, 0.4) is 0 Å². The van der Waals surface area contributed by atoms with Gasteiger partial charge in [0, 0.05) is 58.4 Å². The van der Waals surface area contributed by atoms with Crippen molar-refractivity contribution >= 4 is 34.4 Å². The molecule has 0 unspecified atom stereocenters. The number of hydrogen-bond donors (Lipinski definition) is 0. The number of nitrogens with zero attached hydrogens (tertiary/aromatic N) is 2. The number of aromatic nitrogens is 2. The molecule has 26 heavy (non-hydrogen) atoms. The van der Waals surface area contributed by atoms with Crippen LogP contribution in [0.4, 0.5) is 0 Å². The van der Waals surface area contributed by atoms with Gasteiger partial charge >= 0.3 is 0 Å². The molecule has 0 saturated heterocycles. The molecule has 0 bridgehead atoms. The van der Waals surface area contributed by atoms with E-state index < -0.39 is 0 Å². The molecule has 0 spiro atoms. The quantitative estimate of drug-likeness (QED) is 0.383. The highest BCUT2D eigenvalue weighted by molar-refractivity contribution is 5.98. The minimum atomic E-state index is 0.689. The Balaban J connectivity index is 1.56. The van der Waals surface area contributed by atoms with E-state index in [4.69, 9.17) is 0 Å². The zero-order chi connectivity index (χ0) is 17.9. The zero-order valence-corrected chi connectivity index (χ0v) is 14.2. The Morgan fingerprint density at radius 3 is 1.50 bits per heavy atom. The molecule has 4 rings (SSSR count). The monoisotopic (exact) mass is 342 g/mol. The van der Waals surface area contributed by atoms with Gasteiger partial charge in [-0.15, -0.1) is 0 Å². The molecule has 4 heteroatoms. The van der Waals surface area contributed by atoms with E-state index in [0.717, 1.165) is 34.4 Å². The molecule has 4 aromatic rings. The number of aldehydes is 2. The Kier molecular flexibility index (Phi) is 4.23. The van der Waals surface area contributed by atoms with E-state index in [1.807, 2.05) is 60.9 Å². The largest absolute Gasteiger partial charge is 0.343 e. The summed E-state index contributed by atoms with van der Waals surface area (Å²) >= 11 is 0. The minimum absolute atomic E-state index is 0.689. The summed E-state index contributed by atoms with van der Waals surface area (Å²) in [6, 6.07) is 15.8. The van der Waals surface area contributed by atoms with Crippen LogP contribution in [0.15, 0.2) is 73.1 Å². The highest BCUT2D eigenvalue weighted by Crippen LogP contribution is 2.21. The first-order valence-electron chi connectivity index (χ1n) is 8.53. The molecule has 128 valence electrons. The van der Waals surface area contributed by atoms with Crippen LogP contribution in [-0.4, -0.2) is 21.7 Å². The van der Waals surface area contributed by atoms with E-state index in [-0.39, 0.29) is 0 Å². The predicted octanol–water partition coefficient (Wildman–Crippen LogP) is 4.48. The molecule has 0 radical (unpaired) electrons. The third-order valence-corrected chi connectivity index (χ3v) is 4.66. The molecule has 2 aromatic carbocycles. The Morgan fingerprint density at radius 1 is 0.654 bits per heavy atom. The molecule has 0 amide bonds. The average molecular weight is 342 g/mol. The fourth-order valence-corrected chi connectivity index (χ4v) is 3.42. The Hall–Kier alpha value is -3.40. The molecule has 0 aliphatic carbocycles. The SMILES string of the molecule is O=Cc1cn(C/C=C/Cn2cc(C=O)c3ccccc32)c2ccccc12. The Bertz CT molecular complexity index is 1040. The Labute approximate surface area is 151 Å². The third-order valence-electron chi connectivity index (χ3n) is 4.66. The maximum absolute atomic E-state index is 11.2. The fourth-order valence-electron chi connectivity index (χ4n) is 3.42. The van der Waals surface area contributed by atoms with Crippen molar-refractivity contribution in [1.29, 1.82) is 0 Å². The van der Waals surface area contributed by atoms with Crippen molar-refractivity contribution in [3.8, 4) is 0 Å². The van der Waals surface area contributed by atoms with Gasteiger partial charge in [-0.1, -0.05) is 48.6 Å². The number of fused-ring (bicyclic) bond motifs is 2. The Morgan fingerprint density at radius 2 is 1.08 bits per heavy atom. The van der Waals surface area contributed by atoms with Crippen LogP contribution < -0.4 is 0 Å². The van der Waals surface area contributed by atoms with Gasteiger partial charge in [-0.2, -0.15) is 0 Å². The van der Waals surface area contributed by atoms with Gasteiger partial charge < -0.3 is 9.13 Å². The number of hydrogen-bond acceptors (Lipinski definition) is 2. The molecule has 0 aliphatic rings. The number of carbonyl (C=O) groups excluding carboxylic acids is 2. The molecule has 2 heterocycles. The first-order chi connectivity index (χ1) is 12.8. The lowest BCUT2D eigenvalue weighted by Gasteiger charge is -2.02. The van der Waals surface area contributed by atoms with Crippen molar-refractivity contribution in [1.82, 2.24) is 9.13 Å². The molecular formula is C22H18N2O2. The topological polar surface area (TPSA) is 44.0 Å². The van der Waals surface area contributed by atoms with Crippen LogP contribution in [0.1, 0.15) is 20.7 Å². The third kappa shape index (κ3) is 2.75. The summed E-state index contributed by atoms with van der Waals surface area (Å²) in [4.78, 5) is 22.5. The maximum Gasteiger partial charge on any atom is 0.152 e. The van der Waals surface area contributed by atoms with E-state index in [2.05, 4.69) is 21.3 Å².